The predicted molar refractivity (Wildman–Crippen MR) is 157 cm³/mol. The van der Waals surface area contributed by atoms with E-state index in [0.717, 1.165) is 45.1 Å². The van der Waals surface area contributed by atoms with Crippen molar-refractivity contribution >= 4 is 5.97 Å². The van der Waals surface area contributed by atoms with Crippen LogP contribution < -0.4 is 5.73 Å². The highest BCUT2D eigenvalue weighted by molar-refractivity contribution is 5.75. The molecule has 0 aliphatic rings. The standard InChI is InChI=1S/C31H64N2O4/c1-4-6-8-10-12-14-16-18-22-28(34)26-33(25-21-20-24-30(32)31(36)37-3)27-29(35)23-19-17-15-13-11-9-7-5-2/h28-30,34-35H,4-27,32H2,1-3H3/t28-,29-,30-/m0/s1. The first kappa shape index (κ1) is 36.3. The topological polar surface area (TPSA) is 96.0 Å². The molecule has 3 atom stereocenters. The molecule has 0 aromatic rings. The summed E-state index contributed by atoms with van der Waals surface area (Å²) in [5, 5.41) is 21.4. The summed E-state index contributed by atoms with van der Waals surface area (Å²) in [5.41, 5.74) is 5.86. The molecule has 0 amide bonds. The van der Waals surface area contributed by atoms with Gasteiger partial charge in [0.1, 0.15) is 6.04 Å². The maximum atomic E-state index is 11.5. The molecule has 0 aliphatic heterocycles. The van der Waals surface area contributed by atoms with Gasteiger partial charge in [-0.3, -0.25) is 9.69 Å². The van der Waals surface area contributed by atoms with Crippen LogP contribution in [-0.2, 0) is 9.53 Å². The Hall–Kier alpha value is -0.690. The maximum absolute atomic E-state index is 11.5. The van der Waals surface area contributed by atoms with E-state index in [9.17, 15) is 15.0 Å². The van der Waals surface area contributed by atoms with Crippen LogP contribution in [-0.4, -0.2) is 66.1 Å². The van der Waals surface area contributed by atoms with Gasteiger partial charge in [-0.05, 0) is 32.2 Å². The molecule has 6 heteroatoms. The molecule has 4 N–H and O–H groups in total. The van der Waals surface area contributed by atoms with Crippen LogP contribution in [0.1, 0.15) is 149 Å². The predicted octanol–water partition coefficient (Wildman–Crippen LogP) is 6.74. The Labute approximate surface area is 230 Å². The van der Waals surface area contributed by atoms with Crippen LogP contribution in [0.2, 0.25) is 0 Å². The smallest absolute Gasteiger partial charge is 0.322 e. The third-order valence-electron chi connectivity index (χ3n) is 7.46. The van der Waals surface area contributed by atoms with Crippen molar-refractivity contribution in [3.8, 4) is 0 Å². The van der Waals surface area contributed by atoms with E-state index in [0.29, 0.717) is 19.5 Å². The van der Waals surface area contributed by atoms with E-state index in [4.69, 9.17) is 10.5 Å². The summed E-state index contributed by atoms with van der Waals surface area (Å²) in [6.45, 7) is 6.51. The van der Waals surface area contributed by atoms with Crippen molar-refractivity contribution < 1.29 is 19.7 Å². The van der Waals surface area contributed by atoms with E-state index in [-0.39, 0.29) is 18.2 Å². The summed E-state index contributed by atoms with van der Waals surface area (Å²) in [6, 6.07) is -0.571. The monoisotopic (exact) mass is 528 g/mol. The normalized spacial score (nSPS) is 14.1. The maximum Gasteiger partial charge on any atom is 0.322 e. The van der Waals surface area contributed by atoms with Gasteiger partial charge >= 0.3 is 5.97 Å². The Morgan fingerprint density at radius 3 is 1.43 bits per heavy atom. The van der Waals surface area contributed by atoms with Gasteiger partial charge in [0.25, 0.3) is 0 Å². The minimum absolute atomic E-state index is 0.354. The number of aliphatic hydroxyl groups excluding tert-OH is 2. The highest BCUT2D eigenvalue weighted by Gasteiger charge is 2.17. The number of nitrogens with two attached hydrogens (primary N) is 1. The molecule has 0 saturated carbocycles. The lowest BCUT2D eigenvalue weighted by atomic mass is 10.0. The van der Waals surface area contributed by atoms with Crippen molar-refractivity contribution in [1.29, 1.82) is 0 Å². The fourth-order valence-corrected chi connectivity index (χ4v) is 5.03. The van der Waals surface area contributed by atoms with E-state index in [1.165, 1.54) is 97.0 Å². The Balaban J connectivity index is 4.32. The number of esters is 1. The molecule has 0 aliphatic carbocycles. The van der Waals surface area contributed by atoms with Crippen LogP contribution in [0.15, 0.2) is 0 Å². The SMILES string of the molecule is CCCCCCCCCC[C@H](O)CN(CCCC[C@H](N)C(=O)OC)C[C@@H](O)CCCCCCCCCC. The van der Waals surface area contributed by atoms with Crippen molar-refractivity contribution in [3.05, 3.63) is 0 Å². The number of nitrogens with zero attached hydrogens (tertiary/aromatic N) is 1. The molecule has 0 rings (SSSR count). The number of hydrogen-bond acceptors (Lipinski definition) is 6. The zero-order valence-corrected chi connectivity index (χ0v) is 24.9. The summed E-state index contributed by atoms with van der Waals surface area (Å²) in [6.07, 6.45) is 23.5. The summed E-state index contributed by atoms with van der Waals surface area (Å²) in [5.74, 6) is -0.363. The fraction of sp³-hybridized carbons (Fsp3) is 0.968. The third kappa shape index (κ3) is 24.1. The minimum atomic E-state index is -0.571. The number of methoxy groups -OCH3 is 1. The zero-order valence-electron chi connectivity index (χ0n) is 24.9. The van der Waals surface area contributed by atoms with Crippen LogP contribution in [0.4, 0.5) is 0 Å². The molecule has 0 bridgehead atoms. The highest BCUT2D eigenvalue weighted by atomic mass is 16.5. The van der Waals surface area contributed by atoms with E-state index >= 15 is 0 Å². The quantitative estimate of drug-likeness (QED) is 0.0768. The zero-order chi connectivity index (χ0) is 27.6. The van der Waals surface area contributed by atoms with Crippen LogP contribution in [0.3, 0.4) is 0 Å². The van der Waals surface area contributed by atoms with E-state index in [1.54, 1.807) is 0 Å². The molecule has 0 aromatic carbocycles. The van der Waals surface area contributed by atoms with Crippen LogP contribution in [0, 0.1) is 0 Å². The number of aliphatic hydroxyl groups is 2. The number of unbranched alkanes of at least 4 members (excludes halogenated alkanes) is 15. The third-order valence-corrected chi connectivity index (χ3v) is 7.46. The summed E-state index contributed by atoms with van der Waals surface area (Å²) < 4.78 is 4.71. The second kappa shape index (κ2) is 26.9. The molecule has 0 fully saturated rings. The molecule has 0 saturated heterocycles. The summed E-state index contributed by atoms with van der Waals surface area (Å²) >= 11 is 0. The van der Waals surface area contributed by atoms with Crippen LogP contribution >= 0.6 is 0 Å². The van der Waals surface area contributed by atoms with Gasteiger partial charge in [-0.25, -0.2) is 0 Å². The van der Waals surface area contributed by atoms with Gasteiger partial charge in [-0.1, -0.05) is 123 Å². The number of ether oxygens (including phenoxy) is 1. The number of hydrogen-bond donors (Lipinski definition) is 3. The summed E-state index contributed by atoms with van der Waals surface area (Å²) in [4.78, 5) is 13.7. The Morgan fingerprint density at radius 2 is 1.03 bits per heavy atom. The molecule has 6 nitrogen and oxygen atoms in total. The van der Waals surface area contributed by atoms with Gasteiger partial charge in [-0.15, -0.1) is 0 Å². The van der Waals surface area contributed by atoms with Crippen molar-refractivity contribution in [2.24, 2.45) is 5.73 Å². The Bertz CT molecular complexity index is 464. The van der Waals surface area contributed by atoms with Gasteiger partial charge in [0.2, 0.25) is 0 Å². The highest BCUT2D eigenvalue weighted by Crippen LogP contribution is 2.14. The summed E-state index contributed by atoms with van der Waals surface area (Å²) in [7, 11) is 1.37. The number of carbonyl (C=O) groups is 1. The van der Waals surface area contributed by atoms with Gasteiger partial charge in [-0.2, -0.15) is 0 Å². The van der Waals surface area contributed by atoms with E-state index < -0.39 is 6.04 Å². The molecule has 0 radical (unpaired) electrons. The number of rotatable bonds is 28. The van der Waals surface area contributed by atoms with Crippen LogP contribution in [0.25, 0.3) is 0 Å². The van der Waals surface area contributed by atoms with Crippen molar-refractivity contribution in [2.45, 2.75) is 167 Å². The largest absolute Gasteiger partial charge is 0.468 e. The van der Waals surface area contributed by atoms with Crippen molar-refractivity contribution in [1.82, 2.24) is 4.90 Å². The van der Waals surface area contributed by atoms with Gasteiger partial charge in [0.05, 0.1) is 19.3 Å². The molecule has 37 heavy (non-hydrogen) atoms. The molecule has 222 valence electrons. The molecular formula is C31H64N2O4. The lowest BCUT2D eigenvalue weighted by molar-refractivity contribution is -0.142. The molecule has 0 aromatic heterocycles. The second-order valence-electron chi connectivity index (χ2n) is 11.2. The minimum Gasteiger partial charge on any atom is -0.468 e. The van der Waals surface area contributed by atoms with Crippen LogP contribution in [0.5, 0.6) is 0 Å². The Morgan fingerprint density at radius 1 is 0.649 bits per heavy atom. The van der Waals surface area contributed by atoms with Gasteiger partial charge in [0, 0.05) is 13.1 Å². The lowest BCUT2D eigenvalue weighted by Crippen LogP contribution is -2.39. The molecular weight excluding hydrogens is 464 g/mol. The van der Waals surface area contributed by atoms with Gasteiger partial charge < -0.3 is 20.7 Å². The van der Waals surface area contributed by atoms with E-state index in [1.807, 2.05) is 0 Å². The first-order chi connectivity index (χ1) is 17.9. The first-order valence-electron chi connectivity index (χ1n) is 15.9. The lowest BCUT2D eigenvalue weighted by Gasteiger charge is -2.27. The Kier molecular flexibility index (Phi) is 26.4. The fourth-order valence-electron chi connectivity index (χ4n) is 5.03. The first-order valence-corrected chi connectivity index (χ1v) is 15.9. The van der Waals surface area contributed by atoms with Gasteiger partial charge in [0.15, 0.2) is 0 Å². The van der Waals surface area contributed by atoms with Crippen molar-refractivity contribution in [2.75, 3.05) is 26.7 Å². The average molecular weight is 529 g/mol. The second-order valence-corrected chi connectivity index (χ2v) is 11.2. The number of carbonyl (C=O) groups excluding carboxylic acids is 1. The average Bonchev–Trinajstić information content (AvgIpc) is 2.88. The molecule has 0 heterocycles. The molecule has 0 spiro atoms. The van der Waals surface area contributed by atoms with E-state index in [2.05, 4.69) is 18.7 Å². The molecule has 0 unspecified atom stereocenters. The van der Waals surface area contributed by atoms with Crippen molar-refractivity contribution in [3.63, 3.8) is 0 Å².